The van der Waals surface area contributed by atoms with E-state index in [-0.39, 0.29) is 12.4 Å². The van der Waals surface area contributed by atoms with Crippen LogP contribution in [0.3, 0.4) is 0 Å². The van der Waals surface area contributed by atoms with Gasteiger partial charge in [-0.3, -0.25) is 0 Å². The molecule has 3 N–H and O–H groups in total. The summed E-state index contributed by atoms with van der Waals surface area (Å²) in [6.07, 6.45) is 0.571. The number of aliphatic hydroxyl groups is 1. The maximum Gasteiger partial charge on any atom is 0.129 e. The van der Waals surface area contributed by atoms with E-state index >= 15 is 0 Å². The zero-order valence-electron chi connectivity index (χ0n) is 9.58. The molecule has 0 radical (unpaired) electrons. The molecular weight excluding hydrogens is 252 g/mol. The minimum Gasteiger partial charge on any atom is -0.491 e. The van der Waals surface area contributed by atoms with E-state index in [9.17, 15) is 5.11 Å². The Hall–Kier alpha value is -1.78. The van der Waals surface area contributed by atoms with Crippen molar-refractivity contribution in [2.24, 2.45) is 0 Å². The molecule has 0 amide bonds. The molecule has 18 heavy (non-hydrogen) atoms. The molecule has 1 aromatic heterocycles. The van der Waals surface area contributed by atoms with E-state index in [1.165, 1.54) is 6.20 Å². The summed E-state index contributed by atoms with van der Waals surface area (Å²) in [6, 6.07) is 10.8. The number of para-hydroxylation sites is 1. The zero-order valence-corrected chi connectivity index (χ0v) is 10.3. The highest BCUT2D eigenvalue weighted by Crippen LogP contribution is 2.23. The molecule has 0 spiro atoms. The van der Waals surface area contributed by atoms with E-state index in [1.807, 2.05) is 30.3 Å². The van der Waals surface area contributed by atoms with Crippen LogP contribution in [-0.4, -0.2) is 16.7 Å². The Labute approximate surface area is 110 Å². The van der Waals surface area contributed by atoms with Crippen LogP contribution in [0.2, 0.25) is 5.02 Å². The van der Waals surface area contributed by atoms with Crippen molar-refractivity contribution in [3.05, 3.63) is 53.2 Å². The molecule has 1 atom stereocenters. The van der Waals surface area contributed by atoms with Crippen LogP contribution in [0.15, 0.2) is 42.6 Å². The Morgan fingerprint density at radius 2 is 2.06 bits per heavy atom. The van der Waals surface area contributed by atoms with Crippen LogP contribution >= 0.6 is 11.6 Å². The van der Waals surface area contributed by atoms with Crippen LogP contribution in [0.4, 0.5) is 5.82 Å². The molecule has 1 heterocycles. The molecule has 0 bridgehead atoms. The highest BCUT2D eigenvalue weighted by atomic mass is 35.5. The molecule has 0 saturated carbocycles. The van der Waals surface area contributed by atoms with Gasteiger partial charge in [-0.05, 0) is 18.2 Å². The van der Waals surface area contributed by atoms with Crippen LogP contribution in [-0.2, 0) is 0 Å². The Bertz CT molecular complexity index is 520. The van der Waals surface area contributed by atoms with Gasteiger partial charge in [0, 0.05) is 11.8 Å². The summed E-state index contributed by atoms with van der Waals surface area (Å²) in [4.78, 5) is 3.89. The molecule has 2 rings (SSSR count). The third-order valence-electron chi connectivity index (χ3n) is 2.43. The number of nitrogens with zero attached hydrogens (tertiary/aromatic N) is 1. The largest absolute Gasteiger partial charge is 0.491 e. The number of aliphatic hydroxyl groups excluding tert-OH is 1. The number of rotatable bonds is 4. The maximum absolute atomic E-state index is 9.98. The molecule has 2 aromatic rings. The second kappa shape index (κ2) is 5.71. The Morgan fingerprint density at radius 3 is 2.78 bits per heavy atom. The number of hydrogen-bond acceptors (Lipinski definition) is 4. The molecule has 0 fully saturated rings. The van der Waals surface area contributed by atoms with Crippen molar-refractivity contribution in [1.29, 1.82) is 0 Å². The lowest BCUT2D eigenvalue weighted by Gasteiger charge is -2.14. The normalized spacial score (nSPS) is 12.1. The topological polar surface area (TPSA) is 68.4 Å². The number of nitrogens with two attached hydrogens (primary N) is 1. The third-order valence-corrected chi connectivity index (χ3v) is 2.63. The van der Waals surface area contributed by atoms with Gasteiger partial charge < -0.3 is 15.6 Å². The smallest absolute Gasteiger partial charge is 0.129 e. The minimum atomic E-state index is -0.864. The lowest BCUT2D eigenvalue weighted by molar-refractivity contribution is 0.108. The van der Waals surface area contributed by atoms with Gasteiger partial charge in [-0.1, -0.05) is 29.8 Å². The monoisotopic (exact) mass is 264 g/mol. The molecule has 0 aliphatic rings. The second-order valence-electron chi connectivity index (χ2n) is 3.77. The first-order chi connectivity index (χ1) is 8.66. The quantitative estimate of drug-likeness (QED) is 0.890. The van der Waals surface area contributed by atoms with Gasteiger partial charge in [0.1, 0.15) is 24.3 Å². The molecule has 0 aliphatic heterocycles. The second-order valence-corrected chi connectivity index (χ2v) is 4.20. The summed E-state index contributed by atoms with van der Waals surface area (Å²) >= 11 is 5.81. The predicted molar refractivity (Wildman–Crippen MR) is 70.6 cm³/mol. The van der Waals surface area contributed by atoms with Crippen molar-refractivity contribution in [2.45, 2.75) is 6.10 Å². The standard InChI is InChI=1S/C13H13ClN2O2/c14-9-6-11(13(15)16-7-9)12(17)8-18-10-4-2-1-3-5-10/h1-7,12,17H,8H2,(H2,15,16). The molecule has 94 valence electrons. The summed E-state index contributed by atoms with van der Waals surface area (Å²) in [5.74, 6) is 0.939. The van der Waals surface area contributed by atoms with Crippen LogP contribution in [0.25, 0.3) is 0 Å². The van der Waals surface area contributed by atoms with Gasteiger partial charge >= 0.3 is 0 Å². The summed E-state index contributed by atoms with van der Waals surface area (Å²) in [7, 11) is 0. The highest BCUT2D eigenvalue weighted by molar-refractivity contribution is 6.30. The van der Waals surface area contributed by atoms with Gasteiger partial charge in [0.05, 0.1) is 5.02 Å². The number of halogens is 1. The number of nitrogen functional groups attached to an aromatic ring is 1. The summed E-state index contributed by atoms with van der Waals surface area (Å²) < 4.78 is 5.44. The number of ether oxygens (including phenoxy) is 1. The first-order valence-electron chi connectivity index (χ1n) is 5.43. The summed E-state index contributed by atoms with van der Waals surface area (Å²) in [5, 5.41) is 10.4. The van der Waals surface area contributed by atoms with E-state index in [4.69, 9.17) is 22.1 Å². The molecule has 0 aliphatic carbocycles. The number of anilines is 1. The number of hydrogen-bond donors (Lipinski definition) is 2. The van der Waals surface area contributed by atoms with Crippen LogP contribution in [0.5, 0.6) is 5.75 Å². The minimum absolute atomic E-state index is 0.0935. The first-order valence-corrected chi connectivity index (χ1v) is 5.81. The molecule has 0 saturated heterocycles. The fourth-order valence-electron chi connectivity index (χ4n) is 1.51. The molecule has 4 nitrogen and oxygen atoms in total. The SMILES string of the molecule is Nc1ncc(Cl)cc1C(O)COc1ccccc1. The number of pyridine rings is 1. The van der Waals surface area contributed by atoms with E-state index in [0.717, 1.165) is 0 Å². The van der Waals surface area contributed by atoms with E-state index in [0.29, 0.717) is 16.3 Å². The van der Waals surface area contributed by atoms with Gasteiger partial charge in [-0.25, -0.2) is 4.98 Å². The molecule has 5 heteroatoms. The van der Waals surface area contributed by atoms with E-state index in [2.05, 4.69) is 4.98 Å². The van der Waals surface area contributed by atoms with E-state index < -0.39 is 6.10 Å². The van der Waals surface area contributed by atoms with Crippen molar-refractivity contribution in [1.82, 2.24) is 4.98 Å². The van der Waals surface area contributed by atoms with Crippen LogP contribution in [0, 0.1) is 0 Å². The average molecular weight is 265 g/mol. The first kappa shape index (κ1) is 12.7. The Kier molecular flexibility index (Phi) is 4.02. The number of aromatic nitrogens is 1. The van der Waals surface area contributed by atoms with Crippen molar-refractivity contribution >= 4 is 17.4 Å². The van der Waals surface area contributed by atoms with Crippen molar-refractivity contribution in [3.8, 4) is 5.75 Å². The lowest BCUT2D eigenvalue weighted by Crippen LogP contribution is -2.12. The van der Waals surface area contributed by atoms with Crippen molar-refractivity contribution in [3.63, 3.8) is 0 Å². The van der Waals surface area contributed by atoms with Gasteiger partial charge in [0.15, 0.2) is 0 Å². The third kappa shape index (κ3) is 3.12. The predicted octanol–water partition coefficient (Wildman–Crippen LogP) is 2.43. The maximum atomic E-state index is 9.98. The van der Waals surface area contributed by atoms with Gasteiger partial charge in [-0.2, -0.15) is 0 Å². The molecule has 1 aromatic carbocycles. The van der Waals surface area contributed by atoms with Gasteiger partial charge in [0.2, 0.25) is 0 Å². The fraction of sp³-hybridized carbons (Fsp3) is 0.154. The zero-order chi connectivity index (χ0) is 13.0. The number of benzene rings is 1. The van der Waals surface area contributed by atoms with Gasteiger partial charge in [-0.15, -0.1) is 0 Å². The van der Waals surface area contributed by atoms with Crippen molar-refractivity contribution < 1.29 is 9.84 Å². The molecular formula is C13H13ClN2O2. The highest BCUT2D eigenvalue weighted by Gasteiger charge is 2.13. The summed E-state index contributed by atoms with van der Waals surface area (Å²) in [6.45, 7) is 0.0935. The summed E-state index contributed by atoms with van der Waals surface area (Å²) in [5.41, 5.74) is 6.14. The van der Waals surface area contributed by atoms with E-state index in [1.54, 1.807) is 6.07 Å². The molecule has 1 unspecified atom stereocenters. The van der Waals surface area contributed by atoms with Gasteiger partial charge in [0.25, 0.3) is 0 Å². The lowest BCUT2D eigenvalue weighted by atomic mass is 10.1. The van der Waals surface area contributed by atoms with Crippen LogP contribution < -0.4 is 10.5 Å². The average Bonchev–Trinajstić information content (AvgIpc) is 2.40. The van der Waals surface area contributed by atoms with Crippen LogP contribution in [0.1, 0.15) is 11.7 Å². The van der Waals surface area contributed by atoms with Crippen molar-refractivity contribution in [2.75, 3.05) is 12.3 Å². The Balaban J connectivity index is 2.03. The Morgan fingerprint density at radius 1 is 1.33 bits per heavy atom. The fourth-order valence-corrected chi connectivity index (χ4v) is 1.68.